The molecule has 5 nitrogen and oxygen atoms in total. The third-order valence-electron chi connectivity index (χ3n) is 4.29. The first-order chi connectivity index (χ1) is 11.2. The van der Waals surface area contributed by atoms with Crippen LogP contribution in [0.25, 0.3) is 21.9 Å². The molecule has 1 atom stereocenters. The fraction of sp³-hybridized carbons (Fsp3) is 0.235. The lowest BCUT2D eigenvalue weighted by Crippen LogP contribution is -2.41. The van der Waals surface area contributed by atoms with E-state index in [4.69, 9.17) is 0 Å². The molecule has 1 aromatic carbocycles. The van der Waals surface area contributed by atoms with Gasteiger partial charge in [0.2, 0.25) is 11.8 Å². The number of thioether (sulfide) groups is 1. The second-order valence-corrected chi connectivity index (χ2v) is 6.47. The van der Waals surface area contributed by atoms with E-state index in [2.05, 4.69) is 16.4 Å². The molecule has 1 aliphatic heterocycles. The van der Waals surface area contributed by atoms with E-state index in [0.717, 1.165) is 21.9 Å². The number of rotatable bonds is 2. The number of hydrogen-bond acceptors (Lipinski definition) is 4. The van der Waals surface area contributed by atoms with Gasteiger partial charge < -0.3 is 4.57 Å². The van der Waals surface area contributed by atoms with Crippen molar-refractivity contribution in [3.63, 3.8) is 0 Å². The molecule has 1 saturated heterocycles. The van der Waals surface area contributed by atoms with Crippen molar-refractivity contribution in [3.8, 4) is 0 Å². The second kappa shape index (κ2) is 5.38. The summed E-state index contributed by atoms with van der Waals surface area (Å²) in [6.45, 7) is 0. The lowest BCUT2D eigenvalue weighted by molar-refractivity contribution is -0.135. The van der Waals surface area contributed by atoms with Gasteiger partial charge in [-0.1, -0.05) is 0 Å². The SMILES string of the molecule is CSc1ccc2c(c1)c1cccnc1n2C1CCC(=O)NC1=O. The monoisotopic (exact) mass is 325 g/mol. The molecule has 6 heteroatoms. The van der Waals surface area contributed by atoms with Crippen LogP contribution < -0.4 is 5.32 Å². The van der Waals surface area contributed by atoms with Gasteiger partial charge in [-0.3, -0.25) is 14.9 Å². The molecule has 1 unspecified atom stereocenters. The minimum Gasteiger partial charge on any atom is -0.313 e. The highest BCUT2D eigenvalue weighted by molar-refractivity contribution is 7.98. The summed E-state index contributed by atoms with van der Waals surface area (Å²) < 4.78 is 1.97. The molecule has 2 aromatic heterocycles. The Balaban J connectivity index is 2.00. The summed E-state index contributed by atoms with van der Waals surface area (Å²) in [6.07, 6.45) is 4.63. The molecular formula is C17H15N3O2S. The summed E-state index contributed by atoms with van der Waals surface area (Å²) in [5.74, 6) is -0.454. The number of nitrogens with one attached hydrogen (secondary N) is 1. The van der Waals surface area contributed by atoms with Gasteiger partial charge in [-0.05, 0) is 43.0 Å². The lowest BCUT2D eigenvalue weighted by Gasteiger charge is -2.23. The normalized spacial score (nSPS) is 18.6. The van der Waals surface area contributed by atoms with Crippen LogP contribution in [0.2, 0.25) is 0 Å². The Labute approximate surface area is 137 Å². The van der Waals surface area contributed by atoms with Gasteiger partial charge in [0.25, 0.3) is 0 Å². The van der Waals surface area contributed by atoms with Crippen LogP contribution in [-0.2, 0) is 9.59 Å². The predicted octanol–water partition coefficient (Wildman–Crippen LogP) is 2.89. The van der Waals surface area contributed by atoms with Crippen molar-refractivity contribution >= 4 is 45.5 Å². The highest BCUT2D eigenvalue weighted by Crippen LogP contribution is 2.35. The van der Waals surface area contributed by atoms with E-state index in [1.165, 1.54) is 4.90 Å². The Bertz CT molecular complexity index is 948. The van der Waals surface area contributed by atoms with Crippen LogP contribution in [0.3, 0.4) is 0 Å². The molecule has 0 bridgehead atoms. The van der Waals surface area contributed by atoms with E-state index in [-0.39, 0.29) is 11.8 Å². The van der Waals surface area contributed by atoms with Crippen LogP contribution >= 0.6 is 11.8 Å². The van der Waals surface area contributed by atoms with Crippen LogP contribution in [0.4, 0.5) is 0 Å². The summed E-state index contributed by atoms with van der Waals surface area (Å²) in [5, 5.41) is 4.56. The first kappa shape index (κ1) is 14.3. The number of amides is 2. The number of aromatic nitrogens is 2. The van der Waals surface area contributed by atoms with E-state index >= 15 is 0 Å². The average Bonchev–Trinajstić information content (AvgIpc) is 2.89. The van der Waals surface area contributed by atoms with E-state index in [9.17, 15) is 9.59 Å². The number of pyridine rings is 1. The van der Waals surface area contributed by atoms with Gasteiger partial charge in [0, 0.05) is 28.3 Å². The lowest BCUT2D eigenvalue weighted by atomic mass is 10.1. The number of piperidine rings is 1. The molecule has 0 aliphatic carbocycles. The number of fused-ring (bicyclic) bond motifs is 3. The highest BCUT2D eigenvalue weighted by atomic mass is 32.2. The predicted molar refractivity (Wildman–Crippen MR) is 90.4 cm³/mol. The zero-order valence-corrected chi connectivity index (χ0v) is 13.4. The van der Waals surface area contributed by atoms with E-state index in [1.54, 1.807) is 18.0 Å². The molecule has 3 heterocycles. The van der Waals surface area contributed by atoms with Crippen molar-refractivity contribution in [3.05, 3.63) is 36.5 Å². The smallest absolute Gasteiger partial charge is 0.249 e. The minimum atomic E-state index is -0.400. The first-order valence-corrected chi connectivity index (χ1v) is 8.68. The van der Waals surface area contributed by atoms with Gasteiger partial charge >= 0.3 is 0 Å². The van der Waals surface area contributed by atoms with Crippen LogP contribution in [0, 0.1) is 0 Å². The summed E-state index contributed by atoms with van der Waals surface area (Å²) in [6, 6.07) is 9.75. The summed E-state index contributed by atoms with van der Waals surface area (Å²) >= 11 is 1.68. The molecule has 116 valence electrons. The van der Waals surface area contributed by atoms with Crippen molar-refractivity contribution in [2.75, 3.05) is 6.26 Å². The molecule has 3 aromatic rings. The van der Waals surface area contributed by atoms with Crippen molar-refractivity contribution in [2.45, 2.75) is 23.8 Å². The van der Waals surface area contributed by atoms with Crippen molar-refractivity contribution in [2.24, 2.45) is 0 Å². The highest BCUT2D eigenvalue weighted by Gasteiger charge is 2.30. The van der Waals surface area contributed by atoms with Gasteiger partial charge in [-0.25, -0.2) is 4.98 Å². The Morgan fingerprint density at radius 2 is 2.13 bits per heavy atom. The number of benzene rings is 1. The fourth-order valence-corrected chi connectivity index (χ4v) is 3.66. The molecule has 0 radical (unpaired) electrons. The molecule has 1 N–H and O–H groups in total. The van der Waals surface area contributed by atoms with Gasteiger partial charge in [-0.15, -0.1) is 11.8 Å². The van der Waals surface area contributed by atoms with Crippen LogP contribution in [0.5, 0.6) is 0 Å². The van der Waals surface area contributed by atoms with Crippen molar-refractivity contribution in [1.29, 1.82) is 0 Å². The third-order valence-corrected chi connectivity index (χ3v) is 5.02. The summed E-state index contributed by atoms with van der Waals surface area (Å²) in [7, 11) is 0. The number of hydrogen-bond donors (Lipinski definition) is 1. The number of carbonyl (C=O) groups excluding carboxylic acids is 2. The van der Waals surface area contributed by atoms with E-state index in [0.29, 0.717) is 12.8 Å². The molecule has 1 aliphatic rings. The maximum absolute atomic E-state index is 12.3. The number of nitrogens with zero attached hydrogens (tertiary/aromatic N) is 2. The van der Waals surface area contributed by atoms with Gasteiger partial charge in [0.1, 0.15) is 11.7 Å². The van der Waals surface area contributed by atoms with Gasteiger partial charge in [0.05, 0.1) is 5.52 Å². The summed E-state index contributed by atoms with van der Waals surface area (Å²) in [5.41, 5.74) is 1.77. The minimum absolute atomic E-state index is 0.204. The molecule has 4 rings (SSSR count). The molecule has 0 spiro atoms. The topological polar surface area (TPSA) is 64.0 Å². The molecule has 1 fully saturated rings. The Hall–Kier alpha value is -2.34. The van der Waals surface area contributed by atoms with Crippen molar-refractivity contribution < 1.29 is 9.59 Å². The standard InChI is InChI=1S/C17H15N3O2S/c1-23-10-4-5-13-12(9-10)11-3-2-8-18-16(11)20(13)14-6-7-15(21)19-17(14)22/h2-5,8-9,14H,6-7H2,1H3,(H,19,21,22). The van der Waals surface area contributed by atoms with Gasteiger partial charge in [-0.2, -0.15) is 0 Å². The number of imide groups is 1. The quantitative estimate of drug-likeness (QED) is 0.581. The molecular weight excluding hydrogens is 310 g/mol. The maximum atomic E-state index is 12.3. The molecule has 2 amide bonds. The zero-order chi connectivity index (χ0) is 16.0. The maximum Gasteiger partial charge on any atom is 0.249 e. The Morgan fingerprint density at radius 1 is 1.26 bits per heavy atom. The first-order valence-electron chi connectivity index (χ1n) is 7.45. The van der Waals surface area contributed by atoms with Crippen LogP contribution in [0.15, 0.2) is 41.4 Å². The zero-order valence-electron chi connectivity index (χ0n) is 12.6. The van der Waals surface area contributed by atoms with Gasteiger partial charge in [0.15, 0.2) is 0 Å². The largest absolute Gasteiger partial charge is 0.313 e. The van der Waals surface area contributed by atoms with Crippen LogP contribution in [-0.4, -0.2) is 27.6 Å². The van der Waals surface area contributed by atoms with E-state index in [1.807, 2.05) is 35.1 Å². The third kappa shape index (κ3) is 2.21. The second-order valence-electron chi connectivity index (χ2n) is 5.59. The summed E-state index contributed by atoms with van der Waals surface area (Å²) in [4.78, 5) is 29.4. The number of carbonyl (C=O) groups is 2. The van der Waals surface area contributed by atoms with Crippen molar-refractivity contribution in [1.82, 2.24) is 14.9 Å². The van der Waals surface area contributed by atoms with Crippen LogP contribution in [0.1, 0.15) is 18.9 Å². The fourth-order valence-electron chi connectivity index (χ4n) is 3.23. The Kier molecular flexibility index (Phi) is 3.34. The average molecular weight is 325 g/mol. The molecule has 0 saturated carbocycles. The molecule has 23 heavy (non-hydrogen) atoms. The Morgan fingerprint density at radius 3 is 2.91 bits per heavy atom. The van der Waals surface area contributed by atoms with E-state index < -0.39 is 6.04 Å².